The Morgan fingerprint density at radius 1 is 1.54 bits per heavy atom. The maximum absolute atomic E-state index is 5.89. The Labute approximate surface area is 87.4 Å². The zero-order chi connectivity index (χ0) is 9.68. The van der Waals surface area contributed by atoms with Crippen LogP contribution in [0.25, 0.3) is 0 Å². The fourth-order valence-electron chi connectivity index (χ4n) is 0.866. The molecule has 0 amide bonds. The summed E-state index contributed by atoms with van der Waals surface area (Å²) in [7, 11) is 0. The molecule has 0 unspecified atom stereocenters. The smallest absolute Gasteiger partial charge is 0.139 e. The van der Waals surface area contributed by atoms with Gasteiger partial charge in [-0.05, 0) is 18.4 Å². The molecule has 0 aliphatic carbocycles. The summed E-state index contributed by atoms with van der Waals surface area (Å²) in [5, 5.41) is 0.607. The minimum absolute atomic E-state index is 0.607. The van der Waals surface area contributed by atoms with E-state index in [2.05, 4.69) is 0 Å². The molecule has 0 aliphatic heterocycles. The third kappa shape index (κ3) is 3.36. The van der Waals surface area contributed by atoms with Crippen LogP contribution in [0.4, 0.5) is 5.69 Å². The number of rotatable bonds is 4. The number of anilines is 1. The standard InChI is InChI=1S/C9H12ClNOS/c1-13-5-4-12-9-6-7(11)2-3-8(9)10/h2-3,6H,4-5,11H2,1H3. The van der Waals surface area contributed by atoms with Gasteiger partial charge in [-0.3, -0.25) is 0 Å². The van der Waals surface area contributed by atoms with Crippen LogP contribution in [0.1, 0.15) is 0 Å². The highest BCUT2D eigenvalue weighted by atomic mass is 35.5. The Bertz CT molecular complexity index is 280. The van der Waals surface area contributed by atoms with Gasteiger partial charge in [-0.15, -0.1) is 0 Å². The van der Waals surface area contributed by atoms with Gasteiger partial charge >= 0.3 is 0 Å². The quantitative estimate of drug-likeness (QED) is 0.622. The van der Waals surface area contributed by atoms with Crippen molar-refractivity contribution in [3.05, 3.63) is 23.2 Å². The molecule has 0 aromatic heterocycles. The second-order valence-electron chi connectivity index (χ2n) is 2.53. The van der Waals surface area contributed by atoms with Crippen LogP contribution < -0.4 is 10.5 Å². The van der Waals surface area contributed by atoms with Crippen LogP contribution in [0.3, 0.4) is 0 Å². The molecule has 72 valence electrons. The van der Waals surface area contributed by atoms with Crippen LogP contribution in [0, 0.1) is 0 Å². The zero-order valence-electron chi connectivity index (χ0n) is 7.42. The van der Waals surface area contributed by atoms with E-state index in [1.165, 1.54) is 0 Å². The first kappa shape index (κ1) is 10.5. The zero-order valence-corrected chi connectivity index (χ0v) is 8.99. The number of nitrogens with two attached hydrogens (primary N) is 1. The third-order valence-corrected chi connectivity index (χ3v) is 2.39. The molecule has 0 bridgehead atoms. The van der Waals surface area contributed by atoms with Gasteiger partial charge in [0.05, 0.1) is 11.6 Å². The molecule has 0 saturated heterocycles. The Morgan fingerprint density at radius 2 is 2.31 bits per heavy atom. The molecular weight excluding hydrogens is 206 g/mol. The first-order chi connectivity index (χ1) is 6.24. The van der Waals surface area contributed by atoms with Crippen molar-refractivity contribution < 1.29 is 4.74 Å². The number of hydrogen-bond acceptors (Lipinski definition) is 3. The summed E-state index contributed by atoms with van der Waals surface area (Å²) in [6, 6.07) is 5.23. The van der Waals surface area contributed by atoms with Crippen molar-refractivity contribution in [3.63, 3.8) is 0 Å². The van der Waals surface area contributed by atoms with Gasteiger partial charge < -0.3 is 10.5 Å². The summed E-state index contributed by atoms with van der Waals surface area (Å²) in [5.74, 6) is 1.61. The third-order valence-electron chi connectivity index (χ3n) is 1.50. The van der Waals surface area contributed by atoms with E-state index in [9.17, 15) is 0 Å². The summed E-state index contributed by atoms with van der Waals surface area (Å²) < 4.78 is 5.43. The highest BCUT2D eigenvalue weighted by Gasteiger charge is 2.00. The van der Waals surface area contributed by atoms with Crippen LogP contribution in [-0.4, -0.2) is 18.6 Å². The largest absolute Gasteiger partial charge is 0.491 e. The maximum Gasteiger partial charge on any atom is 0.139 e. The molecule has 1 aromatic carbocycles. The van der Waals surface area contributed by atoms with E-state index in [1.807, 2.05) is 6.26 Å². The second kappa shape index (κ2) is 5.25. The van der Waals surface area contributed by atoms with Crippen LogP contribution in [-0.2, 0) is 0 Å². The minimum Gasteiger partial charge on any atom is -0.491 e. The van der Waals surface area contributed by atoms with Crippen molar-refractivity contribution in [2.75, 3.05) is 24.3 Å². The molecule has 0 spiro atoms. The van der Waals surface area contributed by atoms with Crippen molar-refractivity contribution in [1.29, 1.82) is 0 Å². The van der Waals surface area contributed by atoms with Crippen LogP contribution in [0.5, 0.6) is 5.75 Å². The molecule has 1 aromatic rings. The Balaban J connectivity index is 2.59. The van der Waals surface area contributed by atoms with E-state index < -0.39 is 0 Å². The molecule has 0 saturated carbocycles. The number of ether oxygens (including phenoxy) is 1. The van der Waals surface area contributed by atoms with Crippen LogP contribution >= 0.6 is 23.4 Å². The lowest BCUT2D eigenvalue weighted by Gasteiger charge is -2.07. The maximum atomic E-state index is 5.89. The van der Waals surface area contributed by atoms with Crippen molar-refractivity contribution in [1.82, 2.24) is 0 Å². The molecule has 0 atom stereocenters. The molecule has 4 heteroatoms. The topological polar surface area (TPSA) is 35.2 Å². The van der Waals surface area contributed by atoms with E-state index >= 15 is 0 Å². The minimum atomic E-state index is 0.607. The molecule has 0 aliphatic rings. The Kier molecular flexibility index (Phi) is 4.25. The predicted molar refractivity (Wildman–Crippen MR) is 59.7 cm³/mol. The van der Waals surface area contributed by atoms with Crippen molar-refractivity contribution in [2.24, 2.45) is 0 Å². The number of halogens is 1. The molecular formula is C9H12ClNOS. The number of nitrogen functional groups attached to an aromatic ring is 1. The summed E-state index contributed by atoms with van der Waals surface area (Å²) in [6.07, 6.45) is 2.03. The molecule has 13 heavy (non-hydrogen) atoms. The number of hydrogen-bond donors (Lipinski definition) is 1. The average molecular weight is 218 g/mol. The van der Waals surface area contributed by atoms with Gasteiger partial charge in [0.1, 0.15) is 5.75 Å². The molecule has 0 radical (unpaired) electrons. The van der Waals surface area contributed by atoms with Gasteiger partial charge in [0.25, 0.3) is 0 Å². The van der Waals surface area contributed by atoms with Crippen molar-refractivity contribution in [3.8, 4) is 5.75 Å². The van der Waals surface area contributed by atoms with E-state index in [0.717, 1.165) is 5.75 Å². The predicted octanol–water partition coefficient (Wildman–Crippen LogP) is 2.66. The fraction of sp³-hybridized carbons (Fsp3) is 0.333. The van der Waals surface area contributed by atoms with Gasteiger partial charge in [-0.25, -0.2) is 0 Å². The van der Waals surface area contributed by atoms with E-state index in [1.54, 1.807) is 30.0 Å². The van der Waals surface area contributed by atoms with E-state index in [-0.39, 0.29) is 0 Å². The second-order valence-corrected chi connectivity index (χ2v) is 3.92. The van der Waals surface area contributed by atoms with Gasteiger partial charge in [-0.1, -0.05) is 11.6 Å². The van der Waals surface area contributed by atoms with Gasteiger partial charge in [0, 0.05) is 17.5 Å². The van der Waals surface area contributed by atoms with Gasteiger partial charge in [-0.2, -0.15) is 11.8 Å². The Morgan fingerprint density at radius 3 is 3.00 bits per heavy atom. The van der Waals surface area contributed by atoms with Crippen molar-refractivity contribution >= 4 is 29.1 Å². The first-order valence-electron chi connectivity index (χ1n) is 3.91. The summed E-state index contributed by atoms with van der Waals surface area (Å²) in [6.45, 7) is 0.657. The molecule has 0 fully saturated rings. The average Bonchev–Trinajstić information content (AvgIpc) is 2.11. The van der Waals surface area contributed by atoms with Gasteiger partial charge in [0.15, 0.2) is 0 Å². The highest BCUT2D eigenvalue weighted by molar-refractivity contribution is 7.98. The van der Waals surface area contributed by atoms with Crippen molar-refractivity contribution in [2.45, 2.75) is 0 Å². The summed E-state index contributed by atoms with van der Waals surface area (Å²) >= 11 is 7.62. The SMILES string of the molecule is CSCCOc1cc(N)ccc1Cl. The van der Waals surface area contributed by atoms with Gasteiger partial charge in [0.2, 0.25) is 0 Å². The molecule has 1 rings (SSSR count). The van der Waals surface area contributed by atoms with Crippen LogP contribution in [0.2, 0.25) is 5.02 Å². The Hall–Kier alpha value is -0.540. The highest BCUT2D eigenvalue weighted by Crippen LogP contribution is 2.26. The lowest BCUT2D eigenvalue weighted by molar-refractivity contribution is 0.344. The summed E-state index contributed by atoms with van der Waals surface area (Å²) in [4.78, 5) is 0. The molecule has 2 nitrogen and oxygen atoms in total. The van der Waals surface area contributed by atoms with E-state index in [0.29, 0.717) is 23.1 Å². The van der Waals surface area contributed by atoms with Crippen LogP contribution in [0.15, 0.2) is 18.2 Å². The molecule has 2 N–H and O–H groups in total. The van der Waals surface area contributed by atoms with E-state index in [4.69, 9.17) is 22.1 Å². The lowest BCUT2D eigenvalue weighted by Crippen LogP contribution is -2.00. The first-order valence-corrected chi connectivity index (χ1v) is 5.68. The lowest BCUT2D eigenvalue weighted by atomic mass is 10.3. The number of thioether (sulfide) groups is 1. The fourth-order valence-corrected chi connectivity index (χ4v) is 1.29. The monoisotopic (exact) mass is 217 g/mol. The summed E-state index contributed by atoms with van der Waals surface area (Å²) in [5.41, 5.74) is 6.26. The normalized spacial score (nSPS) is 10.0. The molecule has 0 heterocycles. The number of benzene rings is 1.